The van der Waals surface area contributed by atoms with Crippen molar-refractivity contribution in [3.63, 3.8) is 0 Å². The second-order valence-corrected chi connectivity index (χ2v) is 9.08. The van der Waals surface area contributed by atoms with Crippen LogP contribution in [0.3, 0.4) is 0 Å². The van der Waals surface area contributed by atoms with Crippen LogP contribution >= 0.6 is 23.4 Å². The van der Waals surface area contributed by atoms with Gasteiger partial charge in [-0.05, 0) is 49.3 Å². The Kier molecular flexibility index (Phi) is 6.90. The van der Waals surface area contributed by atoms with Gasteiger partial charge in [-0.2, -0.15) is 5.90 Å². The second kappa shape index (κ2) is 9.66. The lowest BCUT2D eigenvalue weighted by atomic mass is 10.00. The molecule has 0 saturated carbocycles. The Labute approximate surface area is 194 Å². The van der Waals surface area contributed by atoms with E-state index in [0.717, 1.165) is 32.6 Å². The largest absolute Gasteiger partial charge is 0.381 e. The third kappa shape index (κ3) is 4.30. The Balaban J connectivity index is 1.91. The van der Waals surface area contributed by atoms with Crippen molar-refractivity contribution in [1.29, 1.82) is 0 Å². The first-order valence-electron chi connectivity index (χ1n) is 10.3. The van der Waals surface area contributed by atoms with Crippen LogP contribution in [0.2, 0.25) is 5.02 Å². The van der Waals surface area contributed by atoms with Crippen molar-refractivity contribution < 1.29 is 14.4 Å². The van der Waals surface area contributed by atoms with Gasteiger partial charge in [0, 0.05) is 32.2 Å². The van der Waals surface area contributed by atoms with Crippen LogP contribution in [-0.4, -0.2) is 48.6 Å². The van der Waals surface area contributed by atoms with Gasteiger partial charge in [-0.25, -0.2) is 9.78 Å². The molecule has 10 heteroatoms. The molecule has 1 aromatic carbocycles. The SMILES string of the molecule is CSc1c(Cl)ccc2c(=O)c3ccc(N(C)CC4CCOCC4)nc3n(CC(=O)ON)c12. The first-order valence-corrected chi connectivity index (χ1v) is 11.9. The van der Waals surface area contributed by atoms with Crippen LogP contribution in [0.15, 0.2) is 34.0 Å². The Hall–Kier alpha value is -2.33. The number of ether oxygens (including phenoxy) is 1. The number of rotatable bonds is 6. The lowest BCUT2D eigenvalue weighted by molar-refractivity contribution is -0.144. The first kappa shape index (κ1) is 22.8. The Morgan fingerprint density at radius 2 is 2.03 bits per heavy atom. The zero-order valence-electron chi connectivity index (χ0n) is 18.0. The van der Waals surface area contributed by atoms with Crippen molar-refractivity contribution in [3.05, 3.63) is 39.5 Å². The summed E-state index contributed by atoms with van der Waals surface area (Å²) in [4.78, 5) is 37.5. The molecule has 0 bridgehead atoms. The molecule has 32 heavy (non-hydrogen) atoms. The summed E-state index contributed by atoms with van der Waals surface area (Å²) in [7, 11) is 1.98. The minimum absolute atomic E-state index is 0.162. The molecule has 0 amide bonds. The number of aromatic nitrogens is 2. The average Bonchev–Trinajstić information content (AvgIpc) is 2.81. The number of pyridine rings is 2. The van der Waals surface area contributed by atoms with Crippen LogP contribution in [-0.2, 0) is 20.9 Å². The van der Waals surface area contributed by atoms with E-state index in [0.29, 0.717) is 43.6 Å². The molecule has 0 atom stereocenters. The van der Waals surface area contributed by atoms with E-state index in [-0.39, 0.29) is 12.0 Å². The van der Waals surface area contributed by atoms with Crippen LogP contribution in [0.25, 0.3) is 21.9 Å². The number of anilines is 1. The van der Waals surface area contributed by atoms with Crippen LogP contribution < -0.4 is 16.2 Å². The van der Waals surface area contributed by atoms with Crippen molar-refractivity contribution in [1.82, 2.24) is 9.55 Å². The van der Waals surface area contributed by atoms with Gasteiger partial charge in [0.15, 0.2) is 5.43 Å². The summed E-state index contributed by atoms with van der Waals surface area (Å²) in [5, 5.41) is 1.37. The topological polar surface area (TPSA) is 99.7 Å². The van der Waals surface area contributed by atoms with Crippen LogP contribution in [0, 0.1) is 5.92 Å². The molecule has 0 unspecified atom stereocenters. The van der Waals surface area contributed by atoms with Gasteiger partial charge in [0.25, 0.3) is 0 Å². The Morgan fingerprint density at radius 3 is 2.72 bits per heavy atom. The number of thioether (sulfide) groups is 1. The van der Waals surface area contributed by atoms with Crippen LogP contribution in [0.5, 0.6) is 0 Å². The van der Waals surface area contributed by atoms with E-state index < -0.39 is 5.97 Å². The van der Waals surface area contributed by atoms with E-state index in [2.05, 4.69) is 9.74 Å². The van der Waals surface area contributed by atoms with E-state index >= 15 is 0 Å². The Morgan fingerprint density at radius 1 is 1.31 bits per heavy atom. The van der Waals surface area contributed by atoms with Gasteiger partial charge in [0.05, 0.1) is 20.8 Å². The molecule has 2 aromatic heterocycles. The molecule has 3 aromatic rings. The summed E-state index contributed by atoms with van der Waals surface area (Å²) in [5.74, 6) is 5.71. The summed E-state index contributed by atoms with van der Waals surface area (Å²) in [5.41, 5.74) is 0.775. The summed E-state index contributed by atoms with van der Waals surface area (Å²) in [6.45, 7) is 2.17. The quantitative estimate of drug-likeness (QED) is 0.329. The zero-order chi connectivity index (χ0) is 22.8. The number of halogens is 1. The molecule has 1 aliphatic heterocycles. The molecule has 8 nitrogen and oxygen atoms in total. The third-order valence-electron chi connectivity index (χ3n) is 5.85. The maximum atomic E-state index is 13.3. The molecule has 1 aliphatic rings. The van der Waals surface area contributed by atoms with E-state index in [1.807, 2.05) is 19.4 Å². The molecular formula is C22H25ClN4O4S. The van der Waals surface area contributed by atoms with Crippen LogP contribution in [0.1, 0.15) is 12.8 Å². The van der Waals surface area contributed by atoms with Gasteiger partial charge in [-0.3, -0.25) is 4.79 Å². The number of nitrogens with zero attached hydrogens (tertiary/aromatic N) is 3. The third-order valence-corrected chi connectivity index (χ3v) is 7.09. The van der Waals surface area contributed by atoms with Crippen molar-refractivity contribution in [2.24, 2.45) is 11.8 Å². The van der Waals surface area contributed by atoms with Crippen molar-refractivity contribution in [2.75, 3.05) is 38.0 Å². The second-order valence-electron chi connectivity index (χ2n) is 7.86. The van der Waals surface area contributed by atoms with Gasteiger partial charge >= 0.3 is 5.97 Å². The molecule has 2 N–H and O–H groups in total. The minimum Gasteiger partial charge on any atom is -0.381 e. The molecule has 170 valence electrons. The van der Waals surface area contributed by atoms with Gasteiger partial charge in [-0.15, -0.1) is 11.8 Å². The maximum Gasteiger partial charge on any atom is 0.344 e. The molecular weight excluding hydrogens is 452 g/mol. The molecule has 1 saturated heterocycles. The predicted molar refractivity (Wildman–Crippen MR) is 127 cm³/mol. The number of benzene rings is 1. The number of carbonyl (C=O) groups excluding carboxylic acids is 1. The van der Waals surface area contributed by atoms with Gasteiger partial charge in [0.1, 0.15) is 18.0 Å². The molecule has 3 heterocycles. The van der Waals surface area contributed by atoms with E-state index in [1.54, 1.807) is 22.8 Å². The van der Waals surface area contributed by atoms with Crippen molar-refractivity contribution >= 4 is 57.1 Å². The van der Waals surface area contributed by atoms with Gasteiger partial charge in [0.2, 0.25) is 0 Å². The standard InChI is InChI=1S/C22H25ClN4O4S/c1-26(11-13-7-9-30-10-8-13)17-6-4-15-20(29)14-3-5-16(23)21(32-2)19(14)27(22(15)25-17)12-18(28)31-24/h3-6,13H,7-12,24H2,1-2H3. The lowest BCUT2D eigenvalue weighted by Crippen LogP contribution is -2.30. The van der Waals surface area contributed by atoms with Gasteiger partial charge < -0.3 is 19.0 Å². The fraction of sp³-hybridized carbons (Fsp3) is 0.409. The lowest BCUT2D eigenvalue weighted by Gasteiger charge is -2.28. The first-order chi connectivity index (χ1) is 15.4. The summed E-state index contributed by atoms with van der Waals surface area (Å²) >= 11 is 7.82. The fourth-order valence-electron chi connectivity index (χ4n) is 4.21. The normalized spacial score (nSPS) is 14.8. The summed E-state index contributed by atoms with van der Waals surface area (Å²) in [6.07, 6.45) is 3.88. The zero-order valence-corrected chi connectivity index (χ0v) is 19.5. The smallest absolute Gasteiger partial charge is 0.344 e. The summed E-state index contributed by atoms with van der Waals surface area (Å²) in [6, 6.07) is 6.97. The van der Waals surface area contributed by atoms with Crippen molar-refractivity contribution in [2.45, 2.75) is 24.3 Å². The highest BCUT2D eigenvalue weighted by atomic mass is 35.5. The number of nitrogens with two attached hydrogens (primary N) is 1. The Bertz CT molecular complexity index is 1230. The van der Waals surface area contributed by atoms with E-state index in [9.17, 15) is 9.59 Å². The minimum atomic E-state index is -0.647. The highest BCUT2D eigenvalue weighted by Crippen LogP contribution is 2.34. The van der Waals surface area contributed by atoms with Crippen molar-refractivity contribution in [3.8, 4) is 0 Å². The monoisotopic (exact) mass is 476 g/mol. The number of fused-ring (bicyclic) bond motifs is 2. The molecule has 0 aliphatic carbocycles. The van der Waals surface area contributed by atoms with E-state index in [1.165, 1.54) is 11.8 Å². The fourth-order valence-corrected chi connectivity index (χ4v) is 5.27. The summed E-state index contributed by atoms with van der Waals surface area (Å²) < 4.78 is 7.13. The maximum absolute atomic E-state index is 13.3. The van der Waals surface area contributed by atoms with Gasteiger partial charge in [-0.1, -0.05) is 11.6 Å². The highest BCUT2D eigenvalue weighted by Gasteiger charge is 2.21. The average molecular weight is 477 g/mol. The number of hydrogen-bond donors (Lipinski definition) is 1. The highest BCUT2D eigenvalue weighted by molar-refractivity contribution is 7.99. The van der Waals surface area contributed by atoms with E-state index in [4.69, 9.17) is 27.2 Å². The molecule has 0 radical (unpaired) electrons. The molecule has 0 spiro atoms. The number of hydrogen-bond acceptors (Lipinski definition) is 8. The van der Waals surface area contributed by atoms with Crippen LogP contribution in [0.4, 0.5) is 5.82 Å². The molecule has 4 rings (SSSR count). The predicted octanol–water partition coefficient (Wildman–Crippen LogP) is 3.20. The molecule has 1 fully saturated rings. The number of carbonyl (C=O) groups is 1.